The van der Waals surface area contributed by atoms with Crippen molar-refractivity contribution in [1.82, 2.24) is 0 Å². The van der Waals surface area contributed by atoms with Crippen LogP contribution in [0.3, 0.4) is 0 Å². The van der Waals surface area contributed by atoms with E-state index in [0.717, 1.165) is 0 Å². The quantitative estimate of drug-likeness (QED) is 0.233. The largest absolute Gasteiger partial charge is 0.465 e. The van der Waals surface area contributed by atoms with Gasteiger partial charge in [-0.25, -0.2) is 9.59 Å². The summed E-state index contributed by atoms with van der Waals surface area (Å²) in [4.78, 5) is 48.1. The van der Waals surface area contributed by atoms with Crippen LogP contribution in [0.25, 0.3) is 0 Å². The van der Waals surface area contributed by atoms with Gasteiger partial charge in [-0.1, -0.05) is 40.9 Å². The molecule has 0 aromatic rings. The van der Waals surface area contributed by atoms with E-state index in [0.29, 0.717) is 36.8 Å². The molecule has 0 aromatic carbocycles. The lowest BCUT2D eigenvalue weighted by molar-refractivity contribution is -0.160. The molecule has 0 amide bonds. The van der Waals surface area contributed by atoms with Gasteiger partial charge in [0.2, 0.25) is 0 Å². The molecular formula is C26H40O8. The summed E-state index contributed by atoms with van der Waals surface area (Å²) in [5.41, 5.74) is -0.406. The van der Waals surface area contributed by atoms with Crippen molar-refractivity contribution in [3.63, 3.8) is 0 Å². The maximum atomic E-state index is 12.5. The summed E-state index contributed by atoms with van der Waals surface area (Å²) in [6.07, 6.45) is 2.18. The van der Waals surface area contributed by atoms with Crippen LogP contribution in [0.1, 0.15) is 67.2 Å². The SMILES string of the molecule is C=C(C)C(=O)OCC(C)(C)COC(=O)C1CCC(C(=O)OCC(C)(C)COC(=O)C(=C)C)CC1. The minimum absolute atomic E-state index is 0.118. The summed E-state index contributed by atoms with van der Waals surface area (Å²) in [5.74, 6) is -2.08. The first kappa shape index (κ1) is 29.4. The molecule has 1 aliphatic rings. The van der Waals surface area contributed by atoms with E-state index in [-0.39, 0.29) is 50.2 Å². The average molecular weight is 481 g/mol. The van der Waals surface area contributed by atoms with Crippen LogP contribution in [0.5, 0.6) is 0 Å². The fourth-order valence-corrected chi connectivity index (χ4v) is 3.19. The maximum absolute atomic E-state index is 12.5. The molecule has 0 heterocycles. The number of ether oxygens (including phenoxy) is 4. The zero-order valence-corrected chi connectivity index (χ0v) is 21.5. The second-order valence-electron chi connectivity index (χ2n) is 10.8. The Morgan fingerprint density at radius 2 is 0.882 bits per heavy atom. The fourth-order valence-electron chi connectivity index (χ4n) is 3.19. The van der Waals surface area contributed by atoms with Gasteiger partial charge in [0.25, 0.3) is 0 Å². The molecule has 8 heteroatoms. The standard InChI is InChI=1S/C26H40O8/c1-17(2)21(27)31-13-25(5,6)15-33-23(29)19-9-11-20(12-10-19)24(30)34-16-26(7,8)14-32-22(28)18(3)4/h19-20H,1,3,9-16H2,2,4-8H3. The Bertz CT molecular complexity index is 719. The Morgan fingerprint density at radius 1 is 0.618 bits per heavy atom. The molecule has 0 spiro atoms. The van der Waals surface area contributed by atoms with Crippen LogP contribution in [-0.2, 0) is 38.1 Å². The first-order valence-electron chi connectivity index (χ1n) is 11.6. The number of carbonyl (C=O) groups excluding carboxylic acids is 4. The van der Waals surface area contributed by atoms with Crippen LogP contribution in [0.2, 0.25) is 0 Å². The molecular weight excluding hydrogens is 440 g/mol. The summed E-state index contributed by atoms with van der Waals surface area (Å²) in [7, 11) is 0. The fraction of sp³-hybridized carbons (Fsp3) is 0.692. The number of hydrogen-bond acceptors (Lipinski definition) is 8. The van der Waals surface area contributed by atoms with Crippen LogP contribution in [0.15, 0.2) is 24.3 Å². The second kappa shape index (κ2) is 12.7. The first-order chi connectivity index (χ1) is 15.6. The Labute approximate surface area is 203 Å². The van der Waals surface area contributed by atoms with Crippen molar-refractivity contribution in [2.75, 3.05) is 26.4 Å². The van der Waals surface area contributed by atoms with E-state index in [1.54, 1.807) is 13.8 Å². The molecule has 0 saturated heterocycles. The van der Waals surface area contributed by atoms with Gasteiger partial charge in [0.1, 0.15) is 0 Å². The molecule has 0 aliphatic heterocycles. The molecule has 1 aliphatic carbocycles. The highest BCUT2D eigenvalue weighted by atomic mass is 16.6. The van der Waals surface area contributed by atoms with Gasteiger partial charge in [0.15, 0.2) is 0 Å². The number of carbonyl (C=O) groups is 4. The Hall–Kier alpha value is -2.64. The minimum atomic E-state index is -0.521. The van der Waals surface area contributed by atoms with Crippen molar-refractivity contribution in [3.05, 3.63) is 24.3 Å². The first-order valence-corrected chi connectivity index (χ1v) is 11.6. The summed E-state index contributed by atoms with van der Waals surface area (Å²) >= 11 is 0. The molecule has 0 atom stereocenters. The van der Waals surface area contributed by atoms with Gasteiger partial charge in [0, 0.05) is 22.0 Å². The molecule has 1 saturated carbocycles. The zero-order chi connectivity index (χ0) is 26.1. The van der Waals surface area contributed by atoms with Crippen LogP contribution in [0, 0.1) is 22.7 Å². The van der Waals surface area contributed by atoms with Crippen LogP contribution >= 0.6 is 0 Å². The minimum Gasteiger partial charge on any atom is -0.465 e. The van der Waals surface area contributed by atoms with Gasteiger partial charge in [-0.3, -0.25) is 9.59 Å². The normalized spacial score (nSPS) is 18.4. The van der Waals surface area contributed by atoms with Gasteiger partial charge < -0.3 is 18.9 Å². The van der Waals surface area contributed by atoms with Gasteiger partial charge in [-0.2, -0.15) is 0 Å². The predicted octanol–water partition coefficient (Wildman–Crippen LogP) is 4.17. The molecule has 1 fully saturated rings. The molecule has 0 unspecified atom stereocenters. The van der Waals surface area contributed by atoms with Crippen LogP contribution < -0.4 is 0 Å². The van der Waals surface area contributed by atoms with E-state index < -0.39 is 22.8 Å². The smallest absolute Gasteiger partial charge is 0.333 e. The van der Waals surface area contributed by atoms with Crippen molar-refractivity contribution >= 4 is 23.9 Å². The van der Waals surface area contributed by atoms with Crippen molar-refractivity contribution in [3.8, 4) is 0 Å². The van der Waals surface area contributed by atoms with Crippen molar-refractivity contribution in [2.24, 2.45) is 22.7 Å². The number of esters is 4. The highest BCUT2D eigenvalue weighted by Gasteiger charge is 2.34. The van der Waals surface area contributed by atoms with E-state index in [9.17, 15) is 19.2 Å². The molecule has 8 nitrogen and oxygen atoms in total. The van der Waals surface area contributed by atoms with E-state index in [1.165, 1.54) is 0 Å². The van der Waals surface area contributed by atoms with Crippen molar-refractivity contribution in [1.29, 1.82) is 0 Å². The topological polar surface area (TPSA) is 105 Å². The molecule has 34 heavy (non-hydrogen) atoms. The zero-order valence-electron chi connectivity index (χ0n) is 21.5. The van der Waals surface area contributed by atoms with Gasteiger partial charge >= 0.3 is 23.9 Å². The van der Waals surface area contributed by atoms with E-state index in [2.05, 4.69) is 13.2 Å². The third-order valence-corrected chi connectivity index (χ3v) is 5.49. The summed E-state index contributed by atoms with van der Waals surface area (Å²) in [6.45, 7) is 18.1. The van der Waals surface area contributed by atoms with Gasteiger partial charge in [-0.15, -0.1) is 0 Å². The van der Waals surface area contributed by atoms with E-state index >= 15 is 0 Å². The van der Waals surface area contributed by atoms with E-state index in [1.807, 2.05) is 27.7 Å². The van der Waals surface area contributed by atoms with Crippen molar-refractivity contribution < 1.29 is 38.1 Å². The predicted molar refractivity (Wildman–Crippen MR) is 126 cm³/mol. The Morgan fingerprint density at radius 3 is 1.15 bits per heavy atom. The third kappa shape index (κ3) is 10.5. The lowest BCUT2D eigenvalue weighted by Crippen LogP contribution is -2.34. The molecule has 1 rings (SSSR count). The van der Waals surface area contributed by atoms with Crippen molar-refractivity contribution in [2.45, 2.75) is 67.2 Å². The Kier molecular flexibility index (Phi) is 11.0. The highest BCUT2D eigenvalue weighted by molar-refractivity contribution is 5.87. The number of rotatable bonds is 12. The number of hydrogen-bond donors (Lipinski definition) is 0. The summed E-state index contributed by atoms with van der Waals surface area (Å²) < 4.78 is 21.3. The average Bonchev–Trinajstić information content (AvgIpc) is 2.78. The lowest BCUT2D eigenvalue weighted by Gasteiger charge is -2.29. The molecule has 0 radical (unpaired) electrons. The van der Waals surface area contributed by atoms with Gasteiger partial charge in [-0.05, 0) is 39.5 Å². The third-order valence-electron chi connectivity index (χ3n) is 5.49. The second-order valence-corrected chi connectivity index (χ2v) is 10.8. The van der Waals surface area contributed by atoms with Gasteiger partial charge in [0.05, 0.1) is 38.3 Å². The molecule has 192 valence electrons. The maximum Gasteiger partial charge on any atom is 0.333 e. The molecule has 0 aromatic heterocycles. The highest BCUT2D eigenvalue weighted by Crippen LogP contribution is 2.31. The molecule has 0 N–H and O–H groups in total. The van der Waals surface area contributed by atoms with Crippen LogP contribution in [-0.4, -0.2) is 50.3 Å². The monoisotopic (exact) mass is 480 g/mol. The molecule has 0 bridgehead atoms. The summed E-state index contributed by atoms with van der Waals surface area (Å²) in [6, 6.07) is 0. The summed E-state index contributed by atoms with van der Waals surface area (Å²) in [5, 5.41) is 0. The lowest BCUT2D eigenvalue weighted by atomic mass is 9.82. The van der Waals surface area contributed by atoms with E-state index in [4.69, 9.17) is 18.9 Å². The van der Waals surface area contributed by atoms with Crippen LogP contribution in [0.4, 0.5) is 0 Å². The Balaban J connectivity index is 2.38.